The number of benzene rings is 1. The largest absolute Gasteiger partial charge is 0.493 e. The van der Waals surface area contributed by atoms with Crippen LogP contribution in [0, 0.1) is 6.92 Å². The van der Waals surface area contributed by atoms with E-state index >= 15 is 0 Å². The van der Waals surface area contributed by atoms with Crippen molar-refractivity contribution in [2.75, 3.05) is 32.8 Å². The first-order chi connectivity index (χ1) is 12.1. The summed E-state index contributed by atoms with van der Waals surface area (Å²) in [5.74, 6) is 0.778. The minimum atomic E-state index is -0.0520. The van der Waals surface area contributed by atoms with Gasteiger partial charge in [0.1, 0.15) is 11.4 Å². The summed E-state index contributed by atoms with van der Waals surface area (Å²) >= 11 is 1.47. The first-order valence-corrected chi connectivity index (χ1v) is 9.18. The number of aryl methyl sites for hydroxylation is 1. The summed E-state index contributed by atoms with van der Waals surface area (Å²) in [5.41, 5.74) is 0.499. The molecule has 1 saturated heterocycles. The van der Waals surface area contributed by atoms with Crippen LogP contribution in [0.2, 0.25) is 0 Å². The molecular weight excluding hydrogens is 338 g/mol. The van der Waals surface area contributed by atoms with Crippen LogP contribution in [-0.4, -0.2) is 59.4 Å². The van der Waals surface area contributed by atoms with E-state index in [1.807, 2.05) is 37.3 Å². The molecule has 0 bridgehead atoms. The van der Waals surface area contributed by atoms with Crippen molar-refractivity contribution in [3.63, 3.8) is 0 Å². The number of carbonyl (C=O) groups excluding carboxylic acids is 2. The van der Waals surface area contributed by atoms with Gasteiger partial charge in [0.25, 0.3) is 5.91 Å². The standard InChI is InChI=1S/C18H21N3O3S/c1-14-19-16(13-25-14)18(23)21-10-8-20(9-11-21)17(22)7-12-24-15-5-3-2-4-6-15/h2-6,13H,7-12H2,1H3. The zero-order valence-corrected chi connectivity index (χ0v) is 15.0. The summed E-state index contributed by atoms with van der Waals surface area (Å²) in [7, 11) is 0. The molecule has 2 amide bonds. The van der Waals surface area contributed by atoms with Gasteiger partial charge in [-0.3, -0.25) is 9.59 Å². The number of ether oxygens (including phenoxy) is 1. The van der Waals surface area contributed by atoms with Gasteiger partial charge in [-0.25, -0.2) is 4.98 Å². The highest BCUT2D eigenvalue weighted by Crippen LogP contribution is 2.13. The van der Waals surface area contributed by atoms with Gasteiger partial charge in [-0.2, -0.15) is 0 Å². The average Bonchev–Trinajstić information content (AvgIpc) is 3.08. The highest BCUT2D eigenvalue weighted by atomic mass is 32.1. The fourth-order valence-corrected chi connectivity index (χ4v) is 3.30. The second kappa shape index (κ2) is 8.11. The Morgan fingerprint density at radius 2 is 1.80 bits per heavy atom. The molecule has 132 valence electrons. The Kier molecular flexibility index (Phi) is 5.65. The fourth-order valence-electron chi connectivity index (χ4n) is 2.71. The van der Waals surface area contributed by atoms with Crippen molar-refractivity contribution in [3.8, 4) is 5.75 Å². The van der Waals surface area contributed by atoms with Crippen molar-refractivity contribution in [2.24, 2.45) is 0 Å². The first kappa shape index (κ1) is 17.4. The van der Waals surface area contributed by atoms with Crippen molar-refractivity contribution < 1.29 is 14.3 Å². The maximum absolute atomic E-state index is 12.4. The number of rotatable bonds is 5. The molecule has 0 spiro atoms. The van der Waals surface area contributed by atoms with Crippen molar-refractivity contribution in [3.05, 3.63) is 46.4 Å². The van der Waals surface area contributed by atoms with E-state index in [2.05, 4.69) is 4.98 Å². The van der Waals surface area contributed by atoms with Gasteiger partial charge in [0.2, 0.25) is 5.91 Å². The molecule has 6 nitrogen and oxygen atoms in total. The lowest BCUT2D eigenvalue weighted by atomic mass is 10.2. The first-order valence-electron chi connectivity index (χ1n) is 8.30. The van der Waals surface area contributed by atoms with Gasteiger partial charge in [-0.05, 0) is 19.1 Å². The molecule has 0 aliphatic carbocycles. The number of thiazole rings is 1. The second-order valence-corrected chi connectivity index (χ2v) is 6.90. The molecule has 0 unspecified atom stereocenters. The van der Waals surface area contributed by atoms with Gasteiger partial charge < -0.3 is 14.5 Å². The molecule has 1 aromatic heterocycles. The normalized spacial score (nSPS) is 14.4. The van der Waals surface area contributed by atoms with E-state index in [1.165, 1.54) is 11.3 Å². The van der Waals surface area contributed by atoms with Gasteiger partial charge in [-0.15, -0.1) is 11.3 Å². The molecule has 3 rings (SSSR count). The van der Waals surface area contributed by atoms with Crippen LogP contribution in [-0.2, 0) is 4.79 Å². The zero-order valence-electron chi connectivity index (χ0n) is 14.2. The maximum atomic E-state index is 12.4. The van der Waals surface area contributed by atoms with Gasteiger partial charge in [0, 0.05) is 31.6 Å². The topological polar surface area (TPSA) is 62.7 Å². The van der Waals surface area contributed by atoms with Crippen molar-refractivity contribution in [1.82, 2.24) is 14.8 Å². The summed E-state index contributed by atoms with van der Waals surface area (Å²) in [6, 6.07) is 9.46. The monoisotopic (exact) mass is 359 g/mol. The molecule has 2 aromatic rings. The number of nitrogens with zero attached hydrogens (tertiary/aromatic N) is 3. The number of hydrogen-bond acceptors (Lipinski definition) is 5. The quantitative estimate of drug-likeness (QED) is 0.821. The zero-order chi connectivity index (χ0) is 17.6. The number of hydrogen-bond donors (Lipinski definition) is 0. The Morgan fingerprint density at radius 1 is 1.12 bits per heavy atom. The molecule has 1 fully saturated rings. The highest BCUT2D eigenvalue weighted by Gasteiger charge is 2.25. The van der Waals surface area contributed by atoms with Gasteiger partial charge >= 0.3 is 0 Å². The highest BCUT2D eigenvalue weighted by molar-refractivity contribution is 7.09. The second-order valence-electron chi connectivity index (χ2n) is 5.84. The Hall–Kier alpha value is -2.41. The molecule has 1 aromatic carbocycles. The maximum Gasteiger partial charge on any atom is 0.273 e. The summed E-state index contributed by atoms with van der Waals surface area (Å²) in [4.78, 5) is 32.4. The minimum absolute atomic E-state index is 0.0520. The summed E-state index contributed by atoms with van der Waals surface area (Å²) in [6.07, 6.45) is 0.341. The van der Waals surface area contributed by atoms with Gasteiger partial charge in [0.15, 0.2) is 0 Å². The molecule has 0 N–H and O–H groups in total. The minimum Gasteiger partial charge on any atom is -0.493 e. The summed E-state index contributed by atoms with van der Waals surface area (Å²) in [5, 5.41) is 2.67. The van der Waals surface area contributed by atoms with E-state index in [1.54, 1.807) is 15.2 Å². The molecule has 7 heteroatoms. The van der Waals surface area contributed by atoms with E-state index in [0.29, 0.717) is 44.9 Å². The third-order valence-corrected chi connectivity index (χ3v) is 4.86. The van der Waals surface area contributed by atoms with Gasteiger partial charge in [-0.1, -0.05) is 18.2 Å². The number of piperazine rings is 1. The Bertz CT molecular complexity index is 724. The molecule has 0 radical (unpaired) electrons. The summed E-state index contributed by atoms with van der Waals surface area (Å²) < 4.78 is 5.57. The Balaban J connectivity index is 1.42. The molecule has 25 heavy (non-hydrogen) atoms. The van der Waals surface area contributed by atoms with E-state index in [4.69, 9.17) is 4.74 Å². The fraction of sp³-hybridized carbons (Fsp3) is 0.389. The van der Waals surface area contributed by atoms with Crippen LogP contribution >= 0.6 is 11.3 Å². The number of para-hydroxylation sites is 1. The Morgan fingerprint density at radius 3 is 2.44 bits per heavy atom. The number of aromatic nitrogens is 1. The van der Waals surface area contributed by atoms with Crippen LogP contribution in [0.25, 0.3) is 0 Å². The van der Waals surface area contributed by atoms with Crippen molar-refractivity contribution in [2.45, 2.75) is 13.3 Å². The predicted octanol–water partition coefficient (Wildman–Crippen LogP) is 2.21. The van der Waals surface area contributed by atoms with Crippen molar-refractivity contribution in [1.29, 1.82) is 0 Å². The molecule has 0 atom stereocenters. The van der Waals surface area contributed by atoms with Crippen LogP contribution < -0.4 is 4.74 Å². The van der Waals surface area contributed by atoms with Crippen LogP contribution in [0.3, 0.4) is 0 Å². The number of carbonyl (C=O) groups is 2. The average molecular weight is 359 g/mol. The molecule has 2 heterocycles. The van der Waals surface area contributed by atoms with Crippen molar-refractivity contribution >= 4 is 23.2 Å². The lowest BCUT2D eigenvalue weighted by molar-refractivity contribution is -0.133. The number of amides is 2. The van der Waals surface area contributed by atoms with Crippen LogP contribution in [0.1, 0.15) is 21.9 Å². The third kappa shape index (κ3) is 4.57. The van der Waals surface area contributed by atoms with Crippen LogP contribution in [0.5, 0.6) is 5.75 Å². The lowest BCUT2D eigenvalue weighted by Gasteiger charge is -2.34. The molecule has 1 aliphatic rings. The third-order valence-electron chi connectivity index (χ3n) is 4.09. The molecular formula is C18H21N3O3S. The van der Waals surface area contributed by atoms with Crippen LogP contribution in [0.4, 0.5) is 0 Å². The van der Waals surface area contributed by atoms with Gasteiger partial charge in [0.05, 0.1) is 18.0 Å². The lowest BCUT2D eigenvalue weighted by Crippen LogP contribution is -2.50. The smallest absolute Gasteiger partial charge is 0.273 e. The van der Waals surface area contributed by atoms with E-state index < -0.39 is 0 Å². The molecule has 1 aliphatic heterocycles. The van der Waals surface area contributed by atoms with E-state index in [0.717, 1.165) is 10.8 Å². The molecule has 0 saturated carbocycles. The predicted molar refractivity (Wildman–Crippen MR) is 95.9 cm³/mol. The van der Waals surface area contributed by atoms with E-state index in [9.17, 15) is 9.59 Å². The summed E-state index contributed by atoms with van der Waals surface area (Å²) in [6.45, 7) is 4.44. The van der Waals surface area contributed by atoms with Crippen LogP contribution in [0.15, 0.2) is 35.7 Å². The SMILES string of the molecule is Cc1nc(C(=O)N2CCN(C(=O)CCOc3ccccc3)CC2)cs1. The van der Waals surface area contributed by atoms with E-state index in [-0.39, 0.29) is 11.8 Å². The Labute approximate surface area is 151 Å².